The smallest absolute Gasteiger partial charge is 0.330 e. The molecule has 1 saturated heterocycles. The number of aromatic nitrogens is 2. The molecule has 1 amide bonds. The van der Waals surface area contributed by atoms with Gasteiger partial charge in [0.05, 0.1) is 0 Å². The molecular weight excluding hydrogens is 340 g/mol. The third-order valence-corrected chi connectivity index (χ3v) is 4.23. The number of nitrogens with zero attached hydrogens (tertiary/aromatic N) is 2. The largest absolute Gasteiger partial charge is 0.385 e. The lowest BCUT2D eigenvalue weighted by Gasteiger charge is -2.26. The molecular formula is C17H28N4O5. The molecule has 1 aliphatic rings. The van der Waals surface area contributed by atoms with Crippen molar-refractivity contribution in [2.45, 2.75) is 45.8 Å². The molecule has 1 aliphatic heterocycles. The number of methoxy groups -OCH3 is 1. The Morgan fingerprint density at radius 3 is 2.77 bits per heavy atom. The number of hydrogen-bond acceptors (Lipinski definition) is 6. The minimum Gasteiger partial charge on any atom is -0.385 e. The lowest BCUT2D eigenvalue weighted by atomic mass is 10.2. The first-order valence-corrected chi connectivity index (χ1v) is 8.91. The number of rotatable bonds is 8. The van der Waals surface area contributed by atoms with Gasteiger partial charge in [0.1, 0.15) is 11.9 Å². The van der Waals surface area contributed by atoms with Gasteiger partial charge in [0, 0.05) is 33.4 Å². The highest BCUT2D eigenvalue weighted by molar-refractivity contribution is 5.98. The lowest BCUT2D eigenvalue weighted by Crippen LogP contribution is -2.45. The summed E-state index contributed by atoms with van der Waals surface area (Å²) in [5.41, 5.74) is 4.91. The lowest BCUT2D eigenvalue weighted by molar-refractivity contribution is -0.127. The number of nitrogens with one attached hydrogen (secondary N) is 1. The molecule has 3 N–H and O–H groups in total. The van der Waals surface area contributed by atoms with E-state index in [4.69, 9.17) is 15.2 Å². The summed E-state index contributed by atoms with van der Waals surface area (Å²) < 4.78 is 11.8. The maximum absolute atomic E-state index is 12.9. The fraction of sp³-hybridized carbons (Fsp3) is 0.706. The van der Waals surface area contributed by atoms with Crippen molar-refractivity contribution in [1.82, 2.24) is 9.55 Å². The van der Waals surface area contributed by atoms with E-state index in [0.29, 0.717) is 32.6 Å². The number of nitrogen functional groups attached to an aromatic ring is 1. The molecule has 1 atom stereocenters. The van der Waals surface area contributed by atoms with Gasteiger partial charge in [-0.15, -0.1) is 0 Å². The highest BCUT2D eigenvalue weighted by Gasteiger charge is 2.32. The van der Waals surface area contributed by atoms with Gasteiger partial charge < -0.3 is 20.1 Å². The average molecular weight is 368 g/mol. The van der Waals surface area contributed by atoms with Crippen LogP contribution in [0.5, 0.6) is 0 Å². The monoisotopic (exact) mass is 368 g/mol. The molecule has 9 nitrogen and oxygen atoms in total. The van der Waals surface area contributed by atoms with Crippen molar-refractivity contribution in [3.8, 4) is 0 Å². The van der Waals surface area contributed by atoms with Crippen molar-refractivity contribution in [3.63, 3.8) is 0 Å². The maximum Gasteiger partial charge on any atom is 0.330 e. The van der Waals surface area contributed by atoms with Crippen molar-refractivity contribution in [2.24, 2.45) is 5.92 Å². The summed E-state index contributed by atoms with van der Waals surface area (Å²) in [5.74, 6) is -0.175. The zero-order chi connectivity index (χ0) is 19.3. The fourth-order valence-electron chi connectivity index (χ4n) is 3.03. The van der Waals surface area contributed by atoms with Crippen LogP contribution < -0.4 is 21.9 Å². The average Bonchev–Trinajstić information content (AvgIpc) is 3.11. The van der Waals surface area contributed by atoms with Crippen molar-refractivity contribution >= 4 is 17.4 Å². The summed E-state index contributed by atoms with van der Waals surface area (Å²) in [6, 6.07) is 0. The molecule has 1 unspecified atom stereocenters. The number of carbonyl (C=O) groups excluding carboxylic acids is 1. The van der Waals surface area contributed by atoms with Gasteiger partial charge in [-0.2, -0.15) is 0 Å². The zero-order valence-electron chi connectivity index (χ0n) is 15.6. The van der Waals surface area contributed by atoms with Crippen LogP contribution in [0.4, 0.5) is 11.5 Å². The summed E-state index contributed by atoms with van der Waals surface area (Å²) in [4.78, 5) is 41.2. The van der Waals surface area contributed by atoms with Gasteiger partial charge in [-0.25, -0.2) is 4.79 Å². The van der Waals surface area contributed by atoms with Crippen LogP contribution in [-0.2, 0) is 20.8 Å². The summed E-state index contributed by atoms with van der Waals surface area (Å²) >= 11 is 0. The van der Waals surface area contributed by atoms with E-state index < -0.39 is 17.4 Å². The van der Waals surface area contributed by atoms with Gasteiger partial charge in [-0.3, -0.25) is 19.1 Å². The standard InChI is InChI=1S/C17H28N4O5/c1-11(2)10-21-14(18)13(15(22)19-17(21)24)20(7-5-8-25-3)16(23)12-6-4-9-26-12/h11-12H,4-10,18H2,1-3H3,(H,19,22,24). The van der Waals surface area contributed by atoms with E-state index >= 15 is 0 Å². The van der Waals surface area contributed by atoms with Crippen LogP contribution in [0.25, 0.3) is 0 Å². The minimum atomic E-state index is -0.670. The van der Waals surface area contributed by atoms with Crippen molar-refractivity contribution in [3.05, 3.63) is 20.8 Å². The molecule has 2 heterocycles. The molecule has 1 fully saturated rings. The Morgan fingerprint density at radius 2 is 2.19 bits per heavy atom. The van der Waals surface area contributed by atoms with Crippen molar-refractivity contribution in [1.29, 1.82) is 0 Å². The first-order valence-electron chi connectivity index (χ1n) is 8.91. The van der Waals surface area contributed by atoms with E-state index in [1.165, 1.54) is 9.47 Å². The predicted molar refractivity (Wildman–Crippen MR) is 98.4 cm³/mol. The Labute approximate surface area is 152 Å². The van der Waals surface area contributed by atoms with Gasteiger partial charge in [0.15, 0.2) is 5.69 Å². The number of aromatic amines is 1. The molecule has 0 saturated carbocycles. The molecule has 0 bridgehead atoms. The summed E-state index contributed by atoms with van der Waals surface area (Å²) in [6.45, 7) is 5.41. The highest BCUT2D eigenvalue weighted by atomic mass is 16.5. The first-order chi connectivity index (χ1) is 12.4. The van der Waals surface area contributed by atoms with E-state index in [2.05, 4.69) is 4.98 Å². The molecule has 0 aliphatic carbocycles. The van der Waals surface area contributed by atoms with Crippen molar-refractivity contribution in [2.75, 3.05) is 37.5 Å². The number of ether oxygens (including phenoxy) is 2. The molecule has 146 valence electrons. The Morgan fingerprint density at radius 1 is 1.46 bits per heavy atom. The molecule has 1 aromatic heterocycles. The third kappa shape index (κ3) is 4.53. The second-order valence-corrected chi connectivity index (χ2v) is 6.84. The van der Waals surface area contributed by atoms with Crippen LogP contribution in [0.15, 0.2) is 9.59 Å². The zero-order valence-corrected chi connectivity index (χ0v) is 15.6. The molecule has 0 spiro atoms. The van der Waals surface area contributed by atoms with Crippen LogP contribution in [0.3, 0.4) is 0 Å². The number of nitrogens with two attached hydrogens (primary N) is 1. The van der Waals surface area contributed by atoms with Gasteiger partial charge >= 0.3 is 5.69 Å². The van der Waals surface area contributed by atoms with E-state index in [1.807, 2.05) is 13.8 Å². The number of amides is 1. The molecule has 1 aromatic rings. The van der Waals surface area contributed by atoms with Gasteiger partial charge in [-0.05, 0) is 25.2 Å². The van der Waals surface area contributed by atoms with Crippen LogP contribution in [0.2, 0.25) is 0 Å². The van der Waals surface area contributed by atoms with E-state index in [0.717, 1.165) is 6.42 Å². The minimum absolute atomic E-state index is 0.00172. The SMILES string of the molecule is COCCCN(C(=O)C1CCCO1)c1c(N)n(CC(C)C)c(=O)[nH]c1=O. The maximum atomic E-state index is 12.9. The quantitative estimate of drug-likeness (QED) is 0.638. The highest BCUT2D eigenvalue weighted by Crippen LogP contribution is 2.22. The molecule has 2 rings (SSSR count). The number of hydrogen-bond donors (Lipinski definition) is 2. The topological polar surface area (TPSA) is 120 Å². The number of carbonyl (C=O) groups is 1. The van der Waals surface area contributed by atoms with Gasteiger partial charge in [0.25, 0.3) is 11.5 Å². The predicted octanol–water partition coefficient (Wildman–Crippen LogP) is 0.323. The van der Waals surface area contributed by atoms with Crippen LogP contribution >= 0.6 is 0 Å². The van der Waals surface area contributed by atoms with Crippen LogP contribution in [0.1, 0.15) is 33.1 Å². The van der Waals surface area contributed by atoms with Gasteiger partial charge in [-0.1, -0.05) is 13.8 Å². The second-order valence-electron chi connectivity index (χ2n) is 6.84. The number of H-pyrrole nitrogens is 1. The van der Waals surface area contributed by atoms with Crippen LogP contribution in [0, 0.1) is 5.92 Å². The van der Waals surface area contributed by atoms with Crippen molar-refractivity contribution < 1.29 is 14.3 Å². The Hall–Kier alpha value is -2.13. The number of anilines is 2. The summed E-state index contributed by atoms with van der Waals surface area (Å²) in [5, 5.41) is 0. The van der Waals surface area contributed by atoms with E-state index in [9.17, 15) is 14.4 Å². The molecule has 0 aromatic carbocycles. The molecule has 9 heteroatoms. The fourth-order valence-corrected chi connectivity index (χ4v) is 3.03. The summed E-state index contributed by atoms with van der Waals surface area (Å²) in [6.07, 6.45) is 1.32. The Bertz CT molecular complexity index is 734. The molecule has 0 radical (unpaired) electrons. The van der Waals surface area contributed by atoms with Gasteiger partial charge in [0.2, 0.25) is 0 Å². The van der Waals surface area contributed by atoms with Crippen LogP contribution in [-0.4, -0.2) is 48.4 Å². The third-order valence-electron chi connectivity index (χ3n) is 4.23. The Kier molecular flexibility index (Phi) is 6.98. The first kappa shape index (κ1) is 20.2. The van der Waals surface area contributed by atoms with E-state index in [1.54, 1.807) is 7.11 Å². The molecule has 26 heavy (non-hydrogen) atoms. The normalized spacial score (nSPS) is 17.0. The summed E-state index contributed by atoms with van der Waals surface area (Å²) in [7, 11) is 1.57. The Balaban J connectivity index is 2.46. The van der Waals surface area contributed by atoms with E-state index in [-0.39, 0.29) is 29.9 Å². The second kappa shape index (κ2) is 9.00.